The molecule has 0 aliphatic carbocycles. The van der Waals surface area contributed by atoms with Crippen molar-refractivity contribution in [3.05, 3.63) is 23.3 Å². The Morgan fingerprint density at radius 3 is 2.30 bits per heavy atom. The number of hydrazine groups is 1. The lowest BCUT2D eigenvalue weighted by molar-refractivity contribution is 0.561. The Morgan fingerprint density at radius 2 is 1.85 bits per heavy atom. The van der Waals surface area contributed by atoms with E-state index in [0.717, 1.165) is 5.75 Å². The Kier molecular flexibility index (Phi) is 6.32. The molecule has 4 N–H and O–H groups in total. The molecule has 1 aromatic rings. The van der Waals surface area contributed by atoms with Crippen LogP contribution in [-0.2, 0) is 10.0 Å². The summed E-state index contributed by atoms with van der Waals surface area (Å²) in [5.74, 6) is 6.58. The maximum Gasteiger partial charge on any atom is 0.241 e. The number of thioether (sulfide) groups is 1. The van der Waals surface area contributed by atoms with Crippen LogP contribution in [0.4, 0.5) is 5.69 Å². The van der Waals surface area contributed by atoms with E-state index in [4.69, 9.17) is 5.84 Å². The molecule has 1 unspecified atom stereocenters. The van der Waals surface area contributed by atoms with E-state index >= 15 is 0 Å². The van der Waals surface area contributed by atoms with Gasteiger partial charge in [0.2, 0.25) is 10.0 Å². The number of anilines is 1. The molecule has 0 aliphatic heterocycles. The first-order valence-corrected chi connectivity index (χ1v) is 9.26. The highest BCUT2D eigenvalue weighted by atomic mass is 32.2. The number of sulfonamides is 1. The highest BCUT2D eigenvalue weighted by molar-refractivity contribution is 7.98. The zero-order chi connectivity index (χ0) is 15.3. The lowest BCUT2D eigenvalue weighted by Crippen LogP contribution is -2.30. The largest absolute Gasteiger partial charge is 0.324 e. The first kappa shape index (κ1) is 17.3. The van der Waals surface area contributed by atoms with E-state index < -0.39 is 10.0 Å². The lowest BCUT2D eigenvalue weighted by atomic mass is 10.1. The van der Waals surface area contributed by atoms with E-state index in [1.165, 1.54) is 0 Å². The fraction of sp³-hybridized carbons (Fsp3) is 0.538. The molecule has 0 heterocycles. The van der Waals surface area contributed by atoms with Crippen LogP contribution in [0, 0.1) is 19.8 Å². The Labute approximate surface area is 125 Å². The number of hydrogen-bond donors (Lipinski definition) is 3. The van der Waals surface area contributed by atoms with Gasteiger partial charge in [0.05, 0.1) is 4.90 Å². The van der Waals surface area contributed by atoms with Gasteiger partial charge in [-0.25, -0.2) is 13.1 Å². The summed E-state index contributed by atoms with van der Waals surface area (Å²) < 4.78 is 27.5. The van der Waals surface area contributed by atoms with E-state index in [0.29, 0.717) is 34.2 Å². The third-order valence-electron chi connectivity index (χ3n) is 2.97. The minimum Gasteiger partial charge on any atom is -0.324 e. The molecule has 0 spiro atoms. The van der Waals surface area contributed by atoms with Crippen LogP contribution in [0.5, 0.6) is 0 Å². The third kappa shape index (κ3) is 4.37. The second-order valence-corrected chi connectivity index (χ2v) is 7.61. The minimum atomic E-state index is -3.49. The molecule has 7 heteroatoms. The number of nitrogens with one attached hydrogen (secondary N) is 2. The fourth-order valence-corrected chi connectivity index (χ4v) is 4.43. The number of nitrogen functional groups attached to an aromatic ring is 1. The molecule has 0 amide bonds. The molecule has 1 rings (SSSR count). The highest BCUT2D eigenvalue weighted by Crippen LogP contribution is 2.24. The highest BCUT2D eigenvalue weighted by Gasteiger charge is 2.20. The lowest BCUT2D eigenvalue weighted by Gasteiger charge is -2.16. The predicted molar refractivity (Wildman–Crippen MR) is 86.5 cm³/mol. The summed E-state index contributed by atoms with van der Waals surface area (Å²) in [6.45, 7) is 6.01. The molecular weight excluding hydrogens is 294 g/mol. The van der Waals surface area contributed by atoms with Crippen LogP contribution in [0.1, 0.15) is 18.1 Å². The summed E-state index contributed by atoms with van der Waals surface area (Å²) in [6.07, 6.45) is 2.01. The van der Waals surface area contributed by atoms with Gasteiger partial charge in [-0.3, -0.25) is 5.84 Å². The molecule has 0 bridgehead atoms. The predicted octanol–water partition coefficient (Wildman–Crippen LogP) is 1.87. The zero-order valence-electron chi connectivity index (χ0n) is 12.4. The smallest absolute Gasteiger partial charge is 0.241 e. The summed E-state index contributed by atoms with van der Waals surface area (Å²) in [6, 6.07) is 3.46. The standard InChI is InChI=1S/C13H23N3O2S2/c1-9(8-19-4)7-15-20(17,18)13-10(2)5-12(16-14)6-11(13)3/h5-6,9,15-16H,7-8,14H2,1-4H3. The molecule has 0 fully saturated rings. The van der Waals surface area contributed by atoms with E-state index in [9.17, 15) is 8.42 Å². The molecule has 0 aliphatic rings. The second kappa shape index (κ2) is 7.31. The zero-order valence-corrected chi connectivity index (χ0v) is 14.0. The van der Waals surface area contributed by atoms with Crippen molar-refractivity contribution in [3.63, 3.8) is 0 Å². The van der Waals surface area contributed by atoms with Crippen LogP contribution in [0.2, 0.25) is 0 Å². The molecule has 5 nitrogen and oxygen atoms in total. The van der Waals surface area contributed by atoms with E-state index in [-0.39, 0.29) is 0 Å². The van der Waals surface area contributed by atoms with Gasteiger partial charge in [-0.05, 0) is 55.0 Å². The molecule has 0 radical (unpaired) electrons. The summed E-state index contributed by atoms with van der Waals surface area (Å²) in [7, 11) is -3.49. The van der Waals surface area contributed by atoms with Gasteiger partial charge in [-0.2, -0.15) is 11.8 Å². The molecular formula is C13H23N3O2S2. The van der Waals surface area contributed by atoms with Gasteiger partial charge >= 0.3 is 0 Å². The number of rotatable bonds is 7. The van der Waals surface area contributed by atoms with Gasteiger partial charge in [0.25, 0.3) is 0 Å². The molecule has 1 aromatic carbocycles. The van der Waals surface area contributed by atoms with Gasteiger partial charge in [0.1, 0.15) is 0 Å². The van der Waals surface area contributed by atoms with E-state index in [1.54, 1.807) is 37.7 Å². The van der Waals surface area contributed by atoms with E-state index in [1.807, 2.05) is 13.2 Å². The quantitative estimate of drug-likeness (QED) is 0.528. The molecule has 0 saturated carbocycles. The summed E-state index contributed by atoms with van der Waals surface area (Å²) in [4.78, 5) is 0.341. The van der Waals surface area contributed by atoms with Crippen molar-refractivity contribution in [1.29, 1.82) is 0 Å². The average Bonchev–Trinajstić information content (AvgIpc) is 2.35. The van der Waals surface area contributed by atoms with Crippen LogP contribution < -0.4 is 16.0 Å². The van der Waals surface area contributed by atoms with Crippen LogP contribution in [0.15, 0.2) is 17.0 Å². The molecule has 0 aromatic heterocycles. The maximum atomic E-state index is 12.4. The second-order valence-electron chi connectivity index (χ2n) is 5.00. The summed E-state index contributed by atoms with van der Waals surface area (Å²) >= 11 is 1.71. The van der Waals surface area contributed by atoms with Gasteiger partial charge in [0, 0.05) is 12.2 Å². The van der Waals surface area contributed by atoms with Crippen LogP contribution >= 0.6 is 11.8 Å². The number of aryl methyl sites for hydroxylation is 2. The molecule has 114 valence electrons. The fourth-order valence-electron chi connectivity index (χ4n) is 2.13. The Balaban J connectivity index is 2.98. The van der Waals surface area contributed by atoms with Crippen molar-refractivity contribution in [3.8, 4) is 0 Å². The van der Waals surface area contributed by atoms with Crippen LogP contribution in [-0.4, -0.2) is 27.0 Å². The van der Waals surface area contributed by atoms with Gasteiger partial charge in [-0.15, -0.1) is 0 Å². The molecule has 20 heavy (non-hydrogen) atoms. The van der Waals surface area contributed by atoms with Crippen molar-refractivity contribution in [1.82, 2.24) is 4.72 Å². The Hall–Kier alpha value is -0.760. The summed E-state index contributed by atoms with van der Waals surface area (Å²) in [5, 5.41) is 0. The van der Waals surface area contributed by atoms with Crippen molar-refractivity contribution in [2.45, 2.75) is 25.7 Å². The van der Waals surface area contributed by atoms with Gasteiger partial charge in [0.15, 0.2) is 0 Å². The topological polar surface area (TPSA) is 84.2 Å². The van der Waals surface area contributed by atoms with Crippen molar-refractivity contribution in [2.75, 3.05) is 24.0 Å². The van der Waals surface area contributed by atoms with Crippen LogP contribution in [0.3, 0.4) is 0 Å². The molecule has 1 atom stereocenters. The van der Waals surface area contributed by atoms with Gasteiger partial charge in [-0.1, -0.05) is 6.92 Å². The molecule has 0 saturated heterocycles. The first-order chi connectivity index (χ1) is 9.31. The monoisotopic (exact) mass is 317 g/mol. The summed E-state index contributed by atoms with van der Waals surface area (Å²) in [5.41, 5.74) is 4.61. The van der Waals surface area contributed by atoms with E-state index in [2.05, 4.69) is 10.1 Å². The Morgan fingerprint density at radius 1 is 1.30 bits per heavy atom. The van der Waals surface area contributed by atoms with Crippen LogP contribution in [0.25, 0.3) is 0 Å². The van der Waals surface area contributed by atoms with Gasteiger partial charge < -0.3 is 5.43 Å². The SMILES string of the molecule is CSCC(C)CNS(=O)(=O)c1c(C)cc(NN)cc1C. The normalized spacial score (nSPS) is 13.2. The first-order valence-electron chi connectivity index (χ1n) is 6.38. The Bertz CT molecular complexity index is 536. The third-order valence-corrected chi connectivity index (χ3v) is 5.60. The van der Waals surface area contributed by atoms with Crippen molar-refractivity contribution < 1.29 is 8.42 Å². The number of nitrogens with two attached hydrogens (primary N) is 1. The maximum absolute atomic E-state index is 12.4. The average molecular weight is 317 g/mol. The minimum absolute atomic E-state index is 0.297. The van der Waals surface area contributed by atoms with Crippen molar-refractivity contribution >= 4 is 27.5 Å². The number of hydrogen-bond acceptors (Lipinski definition) is 5. The van der Waals surface area contributed by atoms with Crippen molar-refractivity contribution in [2.24, 2.45) is 11.8 Å². The number of benzene rings is 1.